The number of pyridine rings is 1. The number of nitrogen functional groups attached to an aromatic ring is 1. The fourth-order valence-corrected chi connectivity index (χ4v) is 3.22. The van der Waals surface area contributed by atoms with Gasteiger partial charge in [-0.05, 0) is 37.1 Å². The molecule has 0 saturated heterocycles. The number of nitrogens with one attached hydrogen (secondary N) is 1. The van der Waals surface area contributed by atoms with Gasteiger partial charge in [0.1, 0.15) is 11.9 Å². The van der Waals surface area contributed by atoms with E-state index in [0.29, 0.717) is 22.9 Å². The molecule has 0 spiro atoms. The molecule has 1 aliphatic rings. The normalized spacial score (nSPS) is 16.5. The first kappa shape index (κ1) is 21.2. The second-order valence-electron chi connectivity index (χ2n) is 7.28. The Morgan fingerprint density at radius 3 is 2.50 bits per heavy atom. The van der Waals surface area contributed by atoms with Crippen LogP contribution in [-0.4, -0.2) is 43.2 Å². The van der Waals surface area contributed by atoms with Crippen molar-refractivity contribution in [3.63, 3.8) is 0 Å². The van der Waals surface area contributed by atoms with Crippen molar-refractivity contribution in [2.75, 3.05) is 30.2 Å². The Morgan fingerprint density at radius 1 is 1.17 bits per heavy atom. The molecule has 9 nitrogen and oxygen atoms in total. The van der Waals surface area contributed by atoms with Crippen molar-refractivity contribution >= 4 is 29.1 Å². The van der Waals surface area contributed by atoms with Gasteiger partial charge in [0.15, 0.2) is 29.2 Å². The molecular weight excluding hydrogens is 388 g/mol. The van der Waals surface area contributed by atoms with Gasteiger partial charge in [-0.15, -0.1) is 0 Å². The van der Waals surface area contributed by atoms with Gasteiger partial charge in [0, 0.05) is 11.8 Å². The average Bonchev–Trinajstić information content (AvgIpc) is 2.72. The summed E-state index contributed by atoms with van der Waals surface area (Å²) in [6.07, 6.45) is -0.723. The lowest BCUT2D eigenvalue weighted by atomic mass is 10.0. The second-order valence-corrected chi connectivity index (χ2v) is 7.28. The molecular formula is C21H26N4O5. The fraction of sp³-hybridized carbons (Fsp3) is 0.381. The van der Waals surface area contributed by atoms with Gasteiger partial charge in [0.05, 0.1) is 14.2 Å². The highest BCUT2D eigenvalue weighted by molar-refractivity contribution is 6.07. The van der Waals surface area contributed by atoms with Crippen LogP contribution in [0, 0.1) is 5.92 Å². The van der Waals surface area contributed by atoms with Crippen LogP contribution in [0.1, 0.15) is 20.8 Å². The number of amides is 2. The first-order chi connectivity index (χ1) is 14.3. The van der Waals surface area contributed by atoms with Crippen LogP contribution in [0.25, 0.3) is 0 Å². The van der Waals surface area contributed by atoms with Crippen LogP contribution < -0.4 is 30.2 Å². The summed E-state index contributed by atoms with van der Waals surface area (Å²) in [5.41, 5.74) is 6.32. The molecule has 0 bridgehead atoms. The predicted octanol–water partition coefficient (Wildman–Crippen LogP) is 2.46. The van der Waals surface area contributed by atoms with Crippen molar-refractivity contribution in [2.45, 2.75) is 32.9 Å². The number of methoxy groups -OCH3 is 2. The average molecular weight is 414 g/mol. The highest BCUT2D eigenvalue weighted by Gasteiger charge is 2.41. The molecule has 3 N–H and O–H groups in total. The number of nitrogens with zero attached hydrogens (tertiary/aromatic N) is 2. The molecule has 1 aromatic heterocycles. The number of carbonyl (C=O) groups excluding carboxylic acids is 2. The largest absolute Gasteiger partial charge is 0.493 e. The lowest BCUT2D eigenvalue weighted by Gasteiger charge is -2.37. The maximum atomic E-state index is 13.1. The van der Waals surface area contributed by atoms with Crippen LogP contribution in [0.5, 0.6) is 17.2 Å². The van der Waals surface area contributed by atoms with Crippen LogP contribution in [0.4, 0.5) is 17.3 Å². The van der Waals surface area contributed by atoms with E-state index in [9.17, 15) is 9.59 Å². The van der Waals surface area contributed by atoms with Crippen molar-refractivity contribution in [2.24, 2.45) is 5.92 Å². The Bertz CT molecular complexity index is 962. The van der Waals surface area contributed by atoms with Gasteiger partial charge < -0.3 is 25.3 Å². The maximum Gasteiger partial charge on any atom is 0.270 e. The highest BCUT2D eigenvalue weighted by Crippen LogP contribution is 2.36. The van der Waals surface area contributed by atoms with E-state index < -0.39 is 18.1 Å². The summed E-state index contributed by atoms with van der Waals surface area (Å²) in [5.74, 6) is 1.06. The first-order valence-corrected chi connectivity index (χ1v) is 9.56. The molecule has 1 aromatic carbocycles. The third kappa shape index (κ3) is 3.96. The van der Waals surface area contributed by atoms with Crippen molar-refractivity contribution < 1.29 is 23.8 Å². The molecule has 0 radical (unpaired) electrons. The van der Waals surface area contributed by atoms with Gasteiger partial charge in [-0.3, -0.25) is 14.5 Å². The molecule has 2 unspecified atom stereocenters. The number of rotatable bonds is 6. The molecule has 30 heavy (non-hydrogen) atoms. The van der Waals surface area contributed by atoms with Crippen molar-refractivity contribution in [3.8, 4) is 17.2 Å². The van der Waals surface area contributed by atoms with Crippen molar-refractivity contribution in [1.82, 2.24) is 4.98 Å². The molecule has 0 aliphatic carbocycles. The topological polar surface area (TPSA) is 116 Å². The number of fused-ring (bicyclic) bond motifs is 1. The number of hydrogen-bond acceptors (Lipinski definition) is 7. The summed E-state index contributed by atoms with van der Waals surface area (Å²) < 4.78 is 16.3. The third-order valence-corrected chi connectivity index (χ3v) is 4.85. The van der Waals surface area contributed by atoms with E-state index in [-0.39, 0.29) is 23.5 Å². The summed E-state index contributed by atoms with van der Waals surface area (Å²) in [6, 6.07) is 7.42. The van der Waals surface area contributed by atoms with E-state index >= 15 is 0 Å². The quantitative estimate of drug-likeness (QED) is 0.746. The molecule has 0 saturated carbocycles. The van der Waals surface area contributed by atoms with Crippen LogP contribution in [0.3, 0.4) is 0 Å². The molecule has 3 rings (SSSR count). The molecule has 9 heteroatoms. The van der Waals surface area contributed by atoms with Crippen molar-refractivity contribution in [1.29, 1.82) is 0 Å². The van der Waals surface area contributed by atoms with Crippen LogP contribution in [-0.2, 0) is 9.59 Å². The van der Waals surface area contributed by atoms with E-state index in [4.69, 9.17) is 19.9 Å². The summed E-state index contributed by atoms with van der Waals surface area (Å²) in [6.45, 7) is 5.39. The van der Waals surface area contributed by atoms with E-state index in [1.165, 1.54) is 19.1 Å². The Labute approximate surface area is 175 Å². The highest BCUT2D eigenvalue weighted by atomic mass is 16.5. The van der Waals surface area contributed by atoms with E-state index in [0.717, 1.165) is 0 Å². The lowest BCUT2D eigenvalue weighted by Crippen LogP contribution is -2.55. The summed E-state index contributed by atoms with van der Waals surface area (Å²) >= 11 is 0. The van der Waals surface area contributed by atoms with Crippen LogP contribution in [0.15, 0.2) is 30.3 Å². The SMILES string of the molecule is COc1ccc(NC(=O)C(C)N2C(=O)C(C(C)C)Oc3ccc(N)nc32)cc1OC. The number of benzene rings is 1. The van der Waals surface area contributed by atoms with Crippen LogP contribution >= 0.6 is 0 Å². The number of ether oxygens (including phenoxy) is 3. The minimum absolute atomic E-state index is 0.0909. The van der Waals surface area contributed by atoms with Gasteiger partial charge >= 0.3 is 0 Å². The molecule has 2 amide bonds. The second kappa shape index (κ2) is 8.48. The van der Waals surface area contributed by atoms with Crippen molar-refractivity contribution in [3.05, 3.63) is 30.3 Å². The number of aromatic nitrogens is 1. The number of anilines is 3. The van der Waals surface area contributed by atoms with Crippen LogP contribution in [0.2, 0.25) is 0 Å². The fourth-order valence-electron chi connectivity index (χ4n) is 3.22. The Kier molecular flexibility index (Phi) is 6.00. The number of nitrogens with two attached hydrogens (primary N) is 1. The van der Waals surface area contributed by atoms with Gasteiger partial charge in [-0.2, -0.15) is 0 Å². The number of hydrogen-bond donors (Lipinski definition) is 2. The molecule has 0 fully saturated rings. The standard InChI is InChI=1S/C21H26N4O5/c1-11(2)18-21(27)25(19-15(30-18)8-9-17(22)24-19)12(3)20(26)23-13-6-7-14(28-4)16(10-13)29-5/h6-12,18H,1-5H3,(H2,22,24)(H,23,26). The molecule has 160 valence electrons. The summed E-state index contributed by atoms with van der Waals surface area (Å²) in [4.78, 5) is 31.7. The Morgan fingerprint density at radius 2 is 1.87 bits per heavy atom. The maximum absolute atomic E-state index is 13.1. The molecule has 2 aromatic rings. The Balaban J connectivity index is 1.90. The van der Waals surface area contributed by atoms with Gasteiger partial charge in [0.25, 0.3) is 5.91 Å². The minimum Gasteiger partial charge on any atom is -0.493 e. The first-order valence-electron chi connectivity index (χ1n) is 9.56. The zero-order chi connectivity index (χ0) is 22.0. The van der Waals surface area contributed by atoms with E-state index in [1.54, 1.807) is 37.3 Å². The monoisotopic (exact) mass is 414 g/mol. The third-order valence-electron chi connectivity index (χ3n) is 4.85. The number of carbonyl (C=O) groups is 2. The summed E-state index contributed by atoms with van der Waals surface area (Å²) in [7, 11) is 3.04. The zero-order valence-corrected chi connectivity index (χ0v) is 17.6. The van der Waals surface area contributed by atoms with Gasteiger partial charge in [0.2, 0.25) is 5.91 Å². The predicted molar refractivity (Wildman–Crippen MR) is 113 cm³/mol. The van der Waals surface area contributed by atoms with E-state index in [1.807, 2.05) is 13.8 Å². The van der Waals surface area contributed by atoms with Gasteiger partial charge in [-0.1, -0.05) is 13.8 Å². The summed E-state index contributed by atoms with van der Waals surface area (Å²) in [5, 5.41) is 2.81. The zero-order valence-electron chi connectivity index (χ0n) is 17.6. The Hall–Kier alpha value is -3.49. The van der Waals surface area contributed by atoms with E-state index in [2.05, 4.69) is 10.3 Å². The molecule has 2 atom stereocenters. The molecule has 2 heterocycles. The lowest BCUT2D eigenvalue weighted by molar-refractivity contribution is -0.130. The minimum atomic E-state index is -0.858. The smallest absolute Gasteiger partial charge is 0.270 e. The molecule has 1 aliphatic heterocycles. The van der Waals surface area contributed by atoms with Gasteiger partial charge in [-0.25, -0.2) is 4.98 Å².